The summed E-state index contributed by atoms with van der Waals surface area (Å²) in [5, 5.41) is 0.793. The lowest BCUT2D eigenvalue weighted by molar-refractivity contribution is -0.144. The van der Waals surface area contributed by atoms with Gasteiger partial charge in [-0.15, -0.1) is 0 Å². The van der Waals surface area contributed by atoms with Crippen molar-refractivity contribution in [3.05, 3.63) is 34.9 Å². The predicted molar refractivity (Wildman–Crippen MR) is 92.5 cm³/mol. The lowest BCUT2D eigenvalue weighted by Gasteiger charge is -2.48. The van der Waals surface area contributed by atoms with Crippen molar-refractivity contribution in [1.82, 2.24) is 0 Å². The van der Waals surface area contributed by atoms with Gasteiger partial charge >= 0.3 is 0 Å². The fourth-order valence-electron chi connectivity index (χ4n) is 4.39. The summed E-state index contributed by atoms with van der Waals surface area (Å²) in [6, 6.07) is 8.04. The third kappa shape index (κ3) is 2.22. The molecule has 2 saturated carbocycles. The first-order chi connectivity index (χ1) is 9.49. The zero-order valence-electron chi connectivity index (χ0n) is 12.2. The summed E-state index contributed by atoms with van der Waals surface area (Å²) in [4.78, 5) is 0. The van der Waals surface area contributed by atoms with Gasteiger partial charge < -0.3 is 4.74 Å². The summed E-state index contributed by atoms with van der Waals surface area (Å²) in [6.07, 6.45) is 4.08. The molecule has 1 aromatic rings. The molecular weight excluding hydrogens is 383 g/mol. The van der Waals surface area contributed by atoms with Crippen molar-refractivity contribution in [3.63, 3.8) is 0 Å². The molecule has 1 nitrogen and oxygen atoms in total. The molecule has 3 heteroatoms. The number of hydrogen-bond acceptors (Lipinski definition) is 1. The molecule has 2 fully saturated rings. The molecule has 1 aromatic carbocycles. The highest BCUT2D eigenvalue weighted by molar-refractivity contribution is 14.1. The van der Waals surface area contributed by atoms with Crippen LogP contribution in [0.2, 0.25) is 5.02 Å². The van der Waals surface area contributed by atoms with Gasteiger partial charge in [0.2, 0.25) is 0 Å². The van der Waals surface area contributed by atoms with Gasteiger partial charge in [0.05, 0.1) is 12.2 Å². The van der Waals surface area contributed by atoms with Crippen molar-refractivity contribution in [1.29, 1.82) is 0 Å². The summed E-state index contributed by atoms with van der Waals surface area (Å²) < 4.78 is 7.65. The maximum Gasteiger partial charge on any atom is 0.0857 e. The highest BCUT2D eigenvalue weighted by atomic mass is 127. The Hall–Kier alpha value is 0.200. The molecule has 2 bridgehead atoms. The molecule has 0 radical (unpaired) electrons. The molecule has 0 aromatic heterocycles. The Morgan fingerprint density at radius 2 is 2.05 bits per heavy atom. The molecule has 3 atom stereocenters. The molecule has 0 heterocycles. The summed E-state index contributed by atoms with van der Waals surface area (Å²) in [6.45, 7) is 5.50. The summed E-state index contributed by atoms with van der Waals surface area (Å²) >= 11 is 8.60. The van der Waals surface area contributed by atoms with Crippen LogP contribution in [0.15, 0.2) is 24.3 Å². The number of halogens is 2. The maximum absolute atomic E-state index is 6.56. The van der Waals surface area contributed by atoms with Crippen LogP contribution in [0.1, 0.15) is 38.7 Å². The SMILES string of the molecule is CC1(C)C2CCC(C2)C1(CI)OCc1cccc(Cl)c1. The molecule has 0 amide bonds. The number of ether oxygens (including phenoxy) is 1. The number of fused-ring (bicyclic) bond motifs is 2. The Labute approximate surface area is 140 Å². The first-order valence-electron chi connectivity index (χ1n) is 7.44. The van der Waals surface area contributed by atoms with E-state index in [0.717, 1.165) is 21.3 Å². The van der Waals surface area contributed by atoms with E-state index in [1.165, 1.54) is 24.8 Å². The second kappa shape index (κ2) is 5.44. The normalized spacial score (nSPS) is 34.6. The number of alkyl halides is 1. The van der Waals surface area contributed by atoms with Crippen molar-refractivity contribution >= 4 is 34.2 Å². The van der Waals surface area contributed by atoms with Crippen LogP contribution in [0.5, 0.6) is 0 Å². The topological polar surface area (TPSA) is 9.23 Å². The van der Waals surface area contributed by atoms with Gasteiger partial charge in [-0.2, -0.15) is 0 Å². The number of benzene rings is 1. The average Bonchev–Trinajstić information content (AvgIpc) is 2.96. The van der Waals surface area contributed by atoms with Gasteiger partial charge in [0.15, 0.2) is 0 Å². The summed E-state index contributed by atoms with van der Waals surface area (Å²) in [5.74, 6) is 1.57. The van der Waals surface area contributed by atoms with Gasteiger partial charge in [0, 0.05) is 9.45 Å². The fourth-order valence-corrected chi connectivity index (χ4v) is 6.43. The van der Waals surface area contributed by atoms with Gasteiger partial charge in [-0.05, 0) is 54.2 Å². The molecule has 2 aliphatic rings. The molecule has 3 unspecified atom stereocenters. The standard InChI is InChI=1S/C17H22ClIO/c1-16(2)13-6-7-14(9-13)17(16,11-19)20-10-12-4-3-5-15(18)8-12/h3-5,8,13-14H,6-7,9-11H2,1-2H3. The van der Waals surface area contributed by atoms with Crippen LogP contribution in [-0.4, -0.2) is 10.0 Å². The molecule has 3 rings (SSSR count). The van der Waals surface area contributed by atoms with Crippen LogP contribution in [0.25, 0.3) is 0 Å². The molecule has 0 saturated heterocycles. The van der Waals surface area contributed by atoms with Crippen molar-refractivity contribution in [3.8, 4) is 0 Å². The van der Waals surface area contributed by atoms with E-state index in [-0.39, 0.29) is 11.0 Å². The van der Waals surface area contributed by atoms with E-state index >= 15 is 0 Å². The minimum absolute atomic E-state index is 0.0405. The van der Waals surface area contributed by atoms with E-state index in [9.17, 15) is 0 Å². The Bertz CT molecular complexity index is 502. The molecule has 2 aliphatic carbocycles. The van der Waals surface area contributed by atoms with Crippen molar-refractivity contribution in [2.24, 2.45) is 17.3 Å². The summed E-state index contributed by atoms with van der Waals surface area (Å²) in [7, 11) is 0. The Morgan fingerprint density at radius 1 is 1.30 bits per heavy atom. The van der Waals surface area contributed by atoms with Gasteiger partial charge in [-0.25, -0.2) is 0 Å². The summed E-state index contributed by atoms with van der Waals surface area (Å²) in [5.41, 5.74) is 1.51. The van der Waals surface area contributed by atoms with Crippen LogP contribution >= 0.6 is 34.2 Å². The van der Waals surface area contributed by atoms with E-state index in [2.05, 4.69) is 42.5 Å². The Morgan fingerprint density at radius 3 is 2.65 bits per heavy atom. The molecule has 20 heavy (non-hydrogen) atoms. The highest BCUT2D eigenvalue weighted by Gasteiger charge is 2.63. The molecule has 0 aliphatic heterocycles. The quantitative estimate of drug-likeness (QED) is 0.476. The zero-order chi connectivity index (χ0) is 14.4. The van der Waals surface area contributed by atoms with E-state index in [1.54, 1.807) is 0 Å². The number of rotatable bonds is 4. The third-order valence-electron chi connectivity index (χ3n) is 5.79. The lowest BCUT2D eigenvalue weighted by atomic mass is 9.66. The van der Waals surface area contributed by atoms with E-state index in [0.29, 0.717) is 6.61 Å². The van der Waals surface area contributed by atoms with Gasteiger partial charge in [-0.1, -0.05) is 60.2 Å². The van der Waals surface area contributed by atoms with Crippen molar-refractivity contribution < 1.29 is 4.74 Å². The molecule has 110 valence electrons. The van der Waals surface area contributed by atoms with Crippen LogP contribution in [0, 0.1) is 17.3 Å². The molecule has 0 spiro atoms. The smallest absolute Gasteiger partial charge is 0.0857 e. The van der Waals surface area contributed by atoms with Crippen LogP contribution in [0.4, 0.5) is 0 Å². The highest BCUT2D eigenvalue weighted by Crippen LogP contribution is 2.63. The van der Waals surface area contributed by atoms with Crippen LogP contribution in [0.3, 0.4) is 0 Å². The van der Waals surface area contributed by atoms with E-state index in [1.807, 2.05) is 18.2 Å². The fraction of sp³-hybridized carbons (Fsp3) is 0.647. The zero-order valence-corrected chi connectivity index (χ0v) is 15.1. The minimum Gasteiger partial charge on any atom is -0.369 e. The van der Waals surface area contributed by atoms with Gasteiger partial charge in [-0.3, -0.25) is 0 Å². The van der Waals surface area contributed by atoms with Crippen LogP contribution < -0.4 is 0 Å². The van der Waals surface area contributed by atoms with E-state index in [4.69, 9.17) is 16.3 Å². The van der Waals surface area contributed by atoms with Gasteiger partial charge in [0.1, 0.15) is 0 Å². The lowest BCUT2D eigenvalue weighted by Crippen LogP contribution is -2.52. The molecular formula is C17H22ClIO. The van der Waals surface area contributed by atoms with E-state index < -0.39 is 0 Å². The Balaban J connectivity index is 1.80. The van der Waals surface area contributed by atoms with Crippen LogP contribution in [-0.2, 0) is 11.3 Å². The first-order valence-corrected chi connectivity index (χ1v) is 9.34. The Kier molecular flexibility index (Phi) is 4.11. The number of hydrogen-bond donors (Lipinski definition) is 0. The minimum atomic E-state index is 0.0405. The average molecular weight is 405 g/mol. The monoisotopic (exact) mass is 404 g/mol. The second-order valence-electron chi connectivity index (χ2n) is 6.87. The predicted octanol–water partition coefficient (Wildman–Crippen LogP) is 5.49. The largest absolute Gasteiger partial charge is 0.369 e. The van der Waals surface area contributed by atoms with Crippen molar-refractivity contribution in [2.75, 3.05) is 4.43 Å². The van der Waals surface area contributed by atoms with Gasteiger partial charge in [0.25, 0.3) is 0 Å². The van der Waals surface area contributed by atoms with Crippen molar-refractivity contribution in [2.45, 2.75) is 45.3 Å². The maximum atomic E-state index is 6.56. The second-order valence-corrected chi connectivity index (χ2v) is 8.07. The molecule has 0 N–H and O–H groups in total. The third-order valence-corrected chi connectivity index (χ3v) is 7.16. The first kappa shape index (κ1) is 15.1.